The van der Waals surface area contributed by atoms with Gasteiger partial charge in [-0.3, -0.25) is 0 Å². The molecule has 0 saturated heterocycles. The Morgan fingerprint density at radius 3 is 2.72 bits per heavy atom. The quantitative estimate of drug-likeness (QED) is 0.771. The molecule has 1 rings (SSSR count). The van der Waals surface area contributed by atoms with Crippen LogP contribution in [-0.4, -0.2) is 29.3 Å². The molecular formula is C10H15F3N4O. The van der Waals surface area contributed by atoms with E-state index in [0.717, 1.165) is 0 Å². The van der Waals surface area contributed by atoms with Crippen molar-refractivity contribution in [2.75, 3.05) is 24.2 Å². The van der Waals surface area contributed by atoms with E-state index in [4.69, 9.17) is 10.5 Å². The van der Waals surface area contributed by atoms with Gasteiger partial charge in [0.15, 0.2) is 0 Å². The molecule has 1 aromatic heterocycles. The molecule has 3 N–H and O–H groups in total. The van der Waals surface area contributed by atoms with Gasteiger partial charge in [-0.25, -0.2) is 0 Å². The maximum Gasteiger partial charge on any atom is 0.389 e. The highest BCUT2D eigenvalue weighted by atomic mass is 19.4. The molecule has 18 heavy (non-hydrogen) atoms. The Morgan fingerprint density at radius 2 is 2.11 bits per heavy atom. The summed E-state index contributed by atoms with van der Waals surface area (Å²) in [5.74, 6) is 0.663. The Bertz CT molecular complexity index is 384. The minimum Gasteiger partial charge on any atom is -0.477 e. The number of hydrogen-bond acceptors (Lipinski definition) is 5. The van der Waals surface area contributed by atoms with Gasteiger partial charge in [0.2, 0.25) is 11.8 Å². The van der Waals surface area contributed by atoms with E-state index in [-0.39, 0.29) is 24.9 Å². The van der Waals surface area contributed by atoms with Gasteiger partial charge in [-0.1, -0.05) is 0 Å². The van der Waals surface area contributed by atoms with Gasteiger partial charge in [-0.05, 0) is 13.3 Å². The molecule has 0 amide bonds. The van der Waals surface area contributed by atoms with Crippen LogP contribution in [0.1, 0.15) is 19.8 Å². The van der Waals surface area contributed by atoms with Crippen LogP contribution in [0.25, 0.3) is 0 Å². The molecule has 0 radical (unpaired) electrons. The fourth-order valence-corrected chi connectivity index (χ4v) is 1.24. The van der Waals surface area contributed by atoms with Crippen LogP contribution >= 0.6 is 0 Å². The van der Waals surface area contributed by atoms with Gasteiger partial charge < -0.3 is 15.8 Å². The molecule has 0 spiro atoms. The first-order valence-electron chi connectivity index (χ1n) is 5.48. The van der Waals surface area contributed by atoms with E-state index in [2.05, 4.69) is 15.3 Å². The van der Waals surface area contributed by atoms with Crippen molar-refractivity contribution in [2.24, 2.45) is 0 Å². The van der Waals surface area contributed by atoms with E-state index in [1.54, 1.807) is 0 Å². The average molecular weight is 264 g/mol. The summed E-state index contributed by atoms with van der Waals surface area (Å²) in [7, 11) is 0. The fourth-order valence-electron chi connectivity index (χ4n) is 1.24. The molecule has 0 saturated carbocycles. The number of nitrogens with zero attached hydrogens (tertiary/aromatic N) is 2. The minimum absolute atomic E-state index is 0.0132. The lowest BCUT2D eigenvalue weighted by Gasteiger charge is -2.09. The minimum atomic E-state index is -4.16. The molecule has 0 atom stereocenters. The Balaban J connectivity index is 2.46. The van der Waals surface area contributed by atoms with Gasteiger partial charge in [-0.15, -0.1) is 0 Å². The normalized spacial score (nSPS) is 11.3. The smallest absolute Gasteiger partial charge is 0.389 e. The number of nitrogens with one attached hydrogen (secondary N) is 1. The van der Waals surface area contributed by atoms with Crippen LogP contribution in [0.2, 0.25) is 0 Å². The van der Waals surface area contributed by atoms with Crippen LogP contribution in [-0.2, 0) is 0 Å². The summed E-state index contributed by atoms with van der Waals surface area (Å²) in [6.07, 6.45) is -5.17. The van der Waals surface area contributed by atoms with Gasteiger partial charge in [0, 0.05) is 19.0 Å². The van der Waals surface area contributed by atoms with Crippen molar-refractivity contribution in [3.63, 3.8) is 0 Å². The molecule has 102 valence electrons. The second-order valence-electron chi connectivity index (χ2n) is 3.55. The molecule has 1 heterocycles. The van der Waals surface area contributed by atoms with E-state index in [9.17, 15) is 13.2 Å². The second kappa shape index (κ2) is 6.27. The molecule has 0 bridgehead atoms. The van der Waals surface area contributed by atoms with Crippen molar-refractivity contribution in [3.8, 4) is 5.88 Å². The van der Waals surface area contributed by atoms with Crippen LogP contribution in [0.15, 0.2) is 6.07 Å². The maximum atomic E-state index is 11.9. The molecular weight excluding hydrogens is 249 g/mol. The first-order chi connectivity index (χ1) is 8.40. The summed E-state index contributed by atoms with van der Waals surface area (Å²) < 4.78 is 40.8. The predicted molar refractivity (Wildman–Crippen MR) is 61.4 cm³/mol. The van der Waals surface area contributed by atoms with Crippen molar-refractivity contribution < 1.29 is 17.9 Å². The third-order valence-electron chi connectivity index (χ3n) is 1.93. The molecule has 0 unspecified atom stereocenters. The standard InChI is InChI=1S/C10H15F3N4O/c1-2-15-7-6-8(17-9(14)16-7)18-5-3-4-10(11,12)13/h6H,2-5H2,1H3,(H3,14,15,16,17). The molecule has 0 aliphatic carbocycles. The predicted octanol–water partition coefficient (Wildman–Crippen LogP) is 2.21. The monoisotopic (exact) mass is 264 g/mol. The summed E-state index contributed by atoms with van der Waals surface area (Å²) in [6.45, 7) is 2.45. The van der Waals surface area contributed by atoms with E-state index in [0.29, 0.717) is 12.4 Å². The number of aromatic nitrogens is 2. The molecule has 5 nitrogen and oxygen atoms in total. The highest BCUT2D eigenvalue weighted by Gasteiger charge is 2.26. The van der Waals surface area contributed by atoms with Gasteiger partial charge in [0.1, 0.15) is 5.82 Å². The van der Waals surface area contributed by atoms with Crippen LogP contribution in [0.4, 0.5) is 24.9 Å². The number of alkyl halides is 3. The van der Waals surface area contributed by atoms with Crippen molar-refractivity contribution in [1.82, 2.24) is 9.97 Å². The molecule has 0 aromatic carbocycles. The summed E-state index contributed by atoms with van der Waals surface area (Å²) in [4.78, 5) is 7.66. The SMILES string of the molecule is CCNc1cc(OCCCC(F)(F)F)nc(N)n1. The van der Waals surface area contributed by atoms with Gasteiger partial charge in [0.25, 0.3) is 0 Å². The number of anilines is 2. The van der Waals surface area contributed by atoms with Gasteiger partial charge in [0.05, 0.1) is 6.61 Å². The number of nitrogens with two attached hydrogens (primary N) is 1. The van der Waals surface area contributed by atoms with Crippen LogP contribution in [0.3, 0.4) is 0 Å². The number of hydrogen-bond donors (Lipinski definition) is 2. The Morgan fingerprint density at radius 1 is 1.39 bits per heavy atom. The van der Waals surface area contributed by atoms with Crippen LogP contribution in [0, 0.1) is 0 Å². The molecule has 8 heteroatoms. The zero-order valence-electron chi connectivity index (χ0n) is 9.92. The lowest BCUT2D eigenvalue weighted by molar-refractivity contribution is -0.136. The van der Waals surface area contributed by atoms with Crippen LogP contribution in [0.5, 0.6) is 5.88 Å². The number of rotatable bonds is 6. The Kier molecular flexibility index (Phi) is 4.99. The Labute approximate surface area is 103 Å². The van der Waals surface area contributed by atoms with Gasteiger partial charge in [-0.2, -0.15) is 23.1 Å². The molecule has 0 fully saturated rings. The highest BCUT2D eigenvalue weighted by molar-refractivity contribution is 5.42. The first-order valence-corrected chi connectivity index (χ1v) is 5.48. The third-order valence-corrected chi connectivity index (χ3v) is 1.93. The van der Waals surface area contributed by atoms with Crippen molar-refractivity contribution in [1.29, 1.82) is 0 Å². The zero-order valence-corrected chi connectivity index (χ0v) is 9.92. The zero-order chi connectivity index (χ0) is 13.6. The molecule has 1 aromatic rings. The summed E-state index contributed by atoms with van der Waals surface area (Å²) in [5.41, 5.74) is 5.44. The summed E-state index contributed by atoms with van der Waals surface area (Å²) in [6, 6.07) is 1.49. The number of nitrogen functional groups attached to an aromatic ring is 1. The molecule has 0 aliphatic rings. The fraction of sp³-hybridized carbons (Fsp3) is 0.600. The molecule has 0 aliphatic heterocycles. The van der Waals surface area contributed by atoms with Crippen molar-refractivity contribution in [3.05, 3.63) is 6.07 Å². The van der Waals surface area contributed by atoms with E-state index < -0.39 is 12.6 Å². The van der Waals surface area contributed by atoms with Crippen molar-refractivity contribution >= 4 is 11.8 Å². The van der Waals surface area contributed by atoms with Gasteiger partial charge >= 0.3 is 6.18 Å². The number of ether oxygens (including phenoxy) is 1. The average Bonchev–Trinajstić information content (AvgIpc) is 2.23. The summed E-state index contributed by atoms with van der Waals surface area (Å²) in [5, 5.41) is 2.91. The van der Waals surface area contributed by atoms with Crippen LogP contribution < -0.4 is 15.8 Å². The largest absolute Gasteiger partial charge is 0.477 e. The highest BCUT2D eigenvalue weighted by Crippen LogP contribution is 2.21. The van der Waals surface area contributed by atoms with E-state index in [1.807, 2.05) is 6.92 Å². The number of halogens is 3. The maximum absolute atomic E-state index is 11.9. The lowest BCUT2D eigenvalue weighted by Crippen LogP contribution is -2.11. The lowest BCUT2D eigenvalue weighted by atomic mass is 10.3. The topological polar surface area (TPSA) is 73.1 Å². The third kappa shape index (κ3) is 5.55. The second-order valence-corrected chi connectivity index (χ2v) is 3.55. The Hall–Kier alpha value is -1.73. The van der Waals surface area contributed by atoms with Crippen molar-refractivity contribution in [2.45, 2.75) is 25.9 Å². The first kappa shape index (κ1) is 14.3. The summed E-state index contributed by atoms with van der Waals surface area (Å²) >= 11 is 0. The van der Waals surface area contributed by atoms with E-state index >= 15 is 0 Å². The van der Waals surface area contributed by atoms with E-state index in [1.165, 1.54) is 6.07 Å².